The van der Waals surface area contributed by atoms with Gasteiger partial charge in [0.05, 0.1) is 0 Å². The van der Waals surface area contributed by atoms with Crippen LogP contribution in [0.5, 0.6) is 0 Å². The quantitative estimate of drug-likeness (QED) is 0.295. The number of rotatable bonds is 8. The molecule has 0 radical (unpaired) electrons. The third kappa shape index (κ3) is 7.31. The summed E-state index contributed by atoms with van der Waals surface area (Å²) in [5, 5.41) is 1.02. The van der Waals surface area contributed by atoms with Crippen LogP contribution < -0.4 is 0 Å². The van der Waals surface area contributed by atoms with Gasteiger partial charge in [0.2, 0.25) is 6.41 Å². The fourth-order valence-corrected chi connectivity index (χ4v) is 1.58. The van der Waals surface area contributed by atoms with Gasteiger partial charge in [-0.25, -0.2) is 0 Å². The Bertz CT molecular complexity index is 217. The molecule has 0 spiro atoms. The van der Waals surface area contributed by atoms with Crippen molar-refractivity contribution < 1.29 is 9.59 Å². The number of hydrogen-bond donors (Lipinski definition) is 0. The van der Waals surface area contributed by atoms with Gasteiger partial charge in [-0.1, -0.05) is 34.8 Å². The molecule has 0 fully saturated rings. The molecule has 0 aliphatic rings. The smallest absolute Gasteiger partial charge is 0.252 e. The molecular weight excluding hydrogens is 258 g/mol. The maximum atomic E-state index is 11.3. The molecule has 0 heterocycles. The molecule has 15 heavy (non-hydrogen) atoms. The lowest BCUT2D eigenvalue weighted by Gasteiger charge is -2.12. The molecule has 0 rings (SSSR count). The molecule has 0 aromatic carbocycles. The van der Waals surface area contributed by atoms with Gasteiger partial charge in [0.15, 0.2) is 0 Å². The predicted octanol–water partition coefficient (Wildman–Crippen LogP) is 2.50. The fourth-order valence-electron chi connectivity index (χ4n) is 1.18. The van der Waals surface area contributed by atoms with E-state index in [1.807, 2.05) is 0 Å². The lowest BCUT2D eigenvalue weighted by molar-refractivity contribution is -0.134. The minimum absolute atomic E-state index is 0.229. The summed E-state index contributed by atoms with van der Waals surface area (Å²) in [5.74, 6) is -0.229. The van der Waals surface area contributed by atoms with E-state index in [1.54, 1.807) is 13.0 Å². The van der Waals surface area contributed by atoms with Crippen LogP contribution in [-0.2, 0) is 9.59 Å². The van der Waals surface area contributed by atoms with Gasteiger partial charge >= 0.3 is 0 Å². The topological polar surface area (TPSA) is 37.4 Å². The van der Waals surface area contributed by atoms with Gasteiger partial charge in [0.25, 0.3) is 5.91 Å². The first-order valence-electron chi connectivity index (χ1n) is 5.20. The zero-order valence-electron chi connectivity index (χ0n) is 9.12. The number of imide groups is 1. The zero-order chi connectivity index (χ0) is 11.5. The average Bonchev–Trinajstić information content (AvgIpc) is 2.23. The highest BCUT2D eigenvalue weighted by Crippen LogP contribution is 2.03. The first-order valence-corrected chi connectivity index (χ1v) is 6.33. The number of carbonyl (C=O) groups excluding carboxylic acids is 2. The molecule has 0 unspecified atom stereocenters. The Morgan fingerprint density at radius 3 is 2.47 bits per heavy atom. The van der Waals surface area contributed by atoms with Crippen LogP contribution in [-0.4, -0.2) is 29.1 Å². The Morgan fingerprint density at radius 2 is 1.93 bits per heavy atom. The van der Waals surface area contributed by atoms with Crippen molar-refractivity contribution in [1.29, 1.82) is 0 Å². The van der Waals surface area contributed by atoms with Crippen molar-refractivity contribution in [2.24, 2.45) is 0 Å². The largest absolute Gasteiger partial charge is 0.282 e. The lowest BCUT2D eigenvalue weighted by Crippen LogP contribution is -2.28. The summed E-state index contributed by atoms with van der Waals surface area (Å²) in [5.41, 5.74) is 0. The van der Waals surface area contributed by atoms with Gasteiger partial charge in [0, 0.05) is 11.9 Å². The molecule has 0 bridgehead atoms. The third-order valence-corrected chi connectivity index (χ3v) is 2.56. The third-order valence-electron chi connectivity index (χ3n) is 2.00. The average molecular weight is 276 g/mol. The van der Waals surface area contributed by atoms with E-state index in [0.29, 0.717) is 13.0 Å². The van der Waals surface area contributed by atoms with Gasteiger partial charge in [-0.2, -0.15) is 0 Å². The summed E-state index contributed by atoms with van der Waals surface area (Å²) >= 11 is 3.36. The van der Waals surface area contributed by atoms with Crippen LogP contribution in [0.4, 0.5) is 0 Å². The van der Waals surface area contributed by atoms with E-state index in [0.717, 1.165) is 31.0 Å². The normalized spacial score (nSPS) is 10.5. The summed E-state index contributed by atoms with van der Waals surface area (Å²) in [6.45, 7) is 2.28. The highest BCUT2D eigenvalue weighted by molar-refractivity contribution is 9.09. The number of nitrogens with zero attached hydrogens (tertiary/aromatic N) is 1. The van der Waals surface area contributed by atoms with E-state index in [9.17, 15) is 9.59 Å². The van der Waals surface area contributed by atoms with E-state index in [4.69, 9.17) is 0 Å². The first kappa shape index (κ1) is 14.4. The number of hydrogen-bond acceptors (Lipinski definition) is 2. The lowest BCUT2D eigenvalue weighted by atomic mass is 10.2. The van der Waals surface area contributed by atoms with E-state index >= 15 is 0 Å². The number of allylic oxidation sites excluding steroid dienone is 1. The van der Waals surface area contributed by atoms with Gasteiger partial charge in [-0.3, -0.25) is 14.5 Å². The molecule has 0 saturated carbocycles. The van der Waals surface area contributed by atoms with Gasteiger partial charge in [-0.05, 0) is 25.8 Å². The van der Waals surface area contributed by atoms with Crippen molar-refractivity contribution >= 4 is 28.2 Å². The van der Waals surface area contributed by atoms with Crippen molar-refractivity contribution in [3.63, 3.8) is 0 Å². The fraction of sp³-hybridized carbons (Fsp3) is 0.636. The van der Waals surface area contributed by atoms with Crippen LogP contribution in [0.1, 0.15) is 32.6 Å². The minimum Gasteiger partial charge on any atom is -0.282 e. The molecule has 0 aromatic rings. The second kappa shape index (κ2) is 9.90. The molecule has 0 saturated heterocycles. The molecule has 4 heteroatoms. The minimum atomic E-state index is -0.229. The van der Waals surface area contributed by atoms with Gasteiger partial charge < -0.3 is 0 Å². The van der Waals surface area contributed by atoms with Crippen molar-refractivity contribution in [1.82, 2.24) is 4.90 Å². The maximum absolute atomic E-state index is 11.3. The van der Waals surface area contributed by atoms with Crippen LogP contribution in [0.3, 0.4) is 0 Å². The SMILES string of the molecule is C/C=C\C(=O)N(C=O)CCCCCCBr. The molecule has 0 atom stereocenters. The van der Waals surface area contributed by atoms with Crippen LogP contribution >= 0.6 is 15.9 Å². The van der Waals surface area contributed by atoms with Gasteiger partial charge in [0.1, 0.15) is 0 Å². The van der Waals surface area contributed by atoms with E-state index in [1.165, 1.54) is 11.0 Å². The zero-order valence-corrected chi connectivity index (χ0v) is 10.7. The van der Waals surface area contributed by atoms with Crippen LogP contribution in [0.25, 0.3) is 0 Å². The van der Waals surface area contributed by atoms with Crippen molar-refractivity contribution in [2.45, 2.75) is 32.6 Å². The van der Waals surface area contributed by atoms with Crippen LogP contribution in [0, 0.1) is 0 Å². The Hall–Kier alpha value is -0.640. The Balaban J connectivity index is 3.70. The predicted molar refractivity (Wildman–Crippen MR) is 64.9 cm³/mol. The summed E-state index contributed by atoms with van der Waals surface area (Å²) in [6, 6.07) is 0. The van der Waals surface area contributed by atoms with E-state index in [2.05, 4.69) is 15.9 Å². The summed E-state index contributed by atoms with van der Waals surface area (Å²) in [4.78, 5) is 23.1. The molecule has 0 aliphatic carbocycles. The van der Waals surface area contributed by atoms with E-state index < -0.39 is 0 Å². The maximum Gasteiger partial charge on any atom is 0.252 e. The molecule has 2 amide bonds. The summed E-state index contributed by atoms with van der Waals surface area (Å²) in [6.07, 6.45) is 7.87. The highest BCUT2D eigenvalue weighted by atomic mass is 79.9. The Labute approximate surface area is 99.6 Å². The second-order valence-corrected chi connectivity index (χ2v) is 4.03. The molecule has 86 valence electrons. The van der Waals surface area contributed by atoms with Crippen molar-refractivity contribution in [3.8, 4) is 0 Å². The van der Waals surface area contributed by atoms with Gasteiger partial charge in [-0.15, -0.1) is 0 Å². The molecule has 0 aromatic heterocycles. The molecular formula is C11H18BrNO2. The summed E-state index contributed by atoms with van der Waals surface area (Å²) in [7, 11) is 0. The first-order chi connectivity index (χ1) is 7.26. The number of alkyl halides is 1. The number of halogens is 1. The monoisotopic (exact) mass is 275 g/mol. The van der Waals surface area contributed by atoms with E-state index in [-0.39, 0.29) is 5.91 Å². The standard InChI is InChI=1S/C11H18BrNO2/c1-2-7-11(15)13(10-14)9-6-4-3-5-8-12/h2,7,10H,3-6,8-9H2,1H3/b7-2-. The molecule has 0 aliphatic heterocycles. The number of carbonyl (C=O) groups is 2. The number of amides is 2. The Morgan fingerprint density at radius 1 is 1.27 bits per heavy atom. The van der Waals surface area contributed by atoms with Crippen LogP contribution in [0.2, 0.25) is 0 Å². The Kier molecular flexibility index (Phi) is 9.48. The number of unbranched alkanes of at least 4 members (excludes halogenated alkanes) is 3. The molecule has 3 nitrogen and oxygen atoms in total. The molecule has 0 N–H and O–H groups in total. The summed E-state index contributed by atoms with van der Waals surface area (Å²) < 4.78 is 0. The second-order valence-electron chi connectivity index (χ2n) is 3.24. The highest BCUT2D eigenvalue weighted by Gasteiger charge is 2.07. The van der Waals surface area contributed by atoms with Crippen LogP contribution in [0.15, 0.2) is 12.2 Å². The van der Waals surface area contributed by atoms with Crippen molar-refractivity contribution in [3.05, 3.63) is 12.2 Å². The van der Waals surface area contributed by atoms with Crippen molar-refractivity contribution in [2.75, 3.05) is 11.9 Å².